The lowest BCUT2D eigenvalue weighted by molar-refractivity contribution is -0.115. The van der Waals surface area contributed by atoms with Crippen LogP contribution in [0.1, 0.15) is 22.8 Å². The third-order valence-corrected chi connectivity index (χ3v) is 3.78. The molecule has 0 saturated carbocycles. The lowest BCUT2D eigenvalue weighted by Gasteiger charge is -2.10. The van der Waals surface area contributed by atoms with Crippen molar-refractivity contribution in [2.75, 3.05) is 11.9 Å². The van der Waals surface area contributed by atoms with Gasteiger partial charge in [-0.1, -0.05) is 12.1 Å². The Morgan fingerprint density at radius 1 is 1.20 bits per heavy atom. The van der Waals surface area contributed by atoms with Gasteiger partial charge >= 0.3 is 5.97 Å². The Morgan fingerprint density at radius 2 is 2.00 bits per heavy atom. The van der Waals surface area contributed by atoms with Crippen molar-refractivity contribution in [3.05, 3.63) is 65.6 Å². The van der Waals surface area contributed by atoms with Gasteiger partial charge in [0.2, 0.25) is 5.91 Å². The molecule has 0 saturated heterocycles. The van der Waals surface area contributed by atoms with Crippen LogP contribution in [0.2, 0.25) is 0 Å². The summed E-state index contributed by atoms with van der Waals surface area (Å²) in [5.41, 5.74) is 2.12. The summed E-state index contributed by atoms with van der Waals surface area (Å²) >= 11 is 0. The van der Waals surface area contributed by atoms with Crippen LogP contribution in [-0.4, -0.2) is 23.5 Å². The predicted molar refractivity (Wildman–Crippen MR) is 93.0 cm³/mol. The van der Waals surface area contributed by atoms with Gasteiger partial charge in [0.1, 0.15) is 5.82 Å². The van der Waals surface area contributed by atoms with Gasteiger partial charge < -0.3 is 15.0 Å². The molecule has 0 radical (unpaired) electrons. The number of H-pyrrole nitrogens is 1. The molecule has 0 bridgehead atoms. The Kier molecular flexibility index (Phi) is 4.79. The van der Waals surface area contributed by atoms with Crippen LogP contribution in [0.5, 0.6) is 0 Å². The van der Waals surface area contributed by atoms with E-state index in [-0.39, 0.29) is 24.8 Å². The van der Waals surface area contributed by atoms with Crippen LogP contribution in [0, 0.1) is 5.82 Å². The fourth-order valence-corrected chi connectivity index (χ4v) is 2.64. The Labute approximate surface area is 143 Å². The SMILES string of the molecule is CCOC(=O)c1ccccc1NC(=O)Cc1c[nH]c2ccc(F)cc12. The van der Waals surface area contributed by atoms with Crippen LogP contribution >= 0.6 is 0 Å². The zero-order valence-electron chi connectivity index (χ0n) is 13.6. The highest BCUT2D eigenvalue weighted by atomic mass is 19.1. The number of para-hydroxylation sites is 1. The van der Waals surface area contributed by atoms with Gasteiger partial charge in [-0.25, -0.2) is 9.18 Å². The topological polar surface area (TPSA) is 71.2 Å². The average Bonchev–Trinajstić information content (AvgIpc) is 2.97. The van der Waals surface area contributed by atoms with Gasteiger partial charge in [-0.05, 0) is 42.8 Å². The quantitative estimate of drug-likeness (QED) is 0.696. The Balaban J connectivity index is 1.79. The van der Waals surface area contributed by atoms with Gasteiger partial charge in [-0.3, -0.25) is 4.79 Å². The minimum absolute atomic E-state index is 0.0562. The van der Waals surface area contributed by atoms with E-state index in [0.717, 1.165) is 5.52 Å². The van der Waals surface area contributed by atoms with E-state index in [1.165, 1.54) is 12.1 Å². The van der Waals surface area contributed by atoms with E-state index in [9.17, 15) is 14.0 Å². The lowest BCUT2D eigenvalue weighted by atomic mass is 10.1. The maximum Gasteiger partial charge on any atom is 0.340 e. The molecule has 0 aliphatic rings. The molecule has 3 rings (SSSR count). The number of halogens is 1. The van der Waals surface area contributed by atoms with Crippen molar-refractivity contribution in [2.24, 2.45) is 0 Å². The highest BCUT2D eigenvalue weighted by Gasteiger charge is 2.15. The summed E-state index contributed by atoms with van der Waals surface area (Å²) in [6.45, 7) is 1.97. The number of aromatic amines is 1. The Morgan fingerprint density at radius 3 is 2.80 bits per heavy atom. The standard InChI is InChI=1S/C19H17FN2O3/c1-2-25-19(24)14-5-3-4-6-17(14)22-18(23)9-12-11-21-16-8-7-13(20)10-15(12)16/h3-8,10-11,21H,2,9H2,1H3,(H,22,23). The third-order valence-electron chi connectivity index (χ3n) is 3.78. The number of hydrogen-bond donors (Lipinski definition) is 2. The number of aromatic nitrogens is 1. The smallest absolute Gasteiger partial charge is 0.340 e. The van der Waals surface area contributed by atoms with Gasteiger partial charge in [-0.2, -0.15) is 0 Å². The van der Waals surface area contributed by atoms with Crippen LogP contribution in [0.4, 0.5) is 10.1 Å². The van der Waals surface area contributed by atoms with Crippen LogP contribution in [-0.2, 0) is 16.0 Å². The van der Waals surface area contributed by atoms with Crippen molar-refractivity contribution in [2.45, 2.75) is 13.3 Å². The summed E-state index contributed by atoms with van der Waals surface area (Å²) in [5.74, 6) is -1.16. The zero-order chi connectivity index (χ0) is 17.8. The number of amides is 1. The molecule has 1 heterocycles. The number of carbonyl (C=O) groups is 2. The number of benzene rings is 2. The van der Waals surface area contributed by atoms with E-state index >= 15 is 0 Å². The molecule has 0 spiro atoms. The number of rotatable bonds is 5. The van der Waals surface area contributed by atoms with Gasteiger partial charge in [0.15, 0.2) is 0 Å². The van der Waals surface area contributed by atoms with Crippen molar-refractivity contribution in [1.82, 2.24) is 4.98 Å². The average molecular weight is 340 g/mol. The zero-order valence-corrected chi connectivity index (χ0v) is 13.6. The normalized spacial score (nSPS) is 10.6. The van der Waals surface area contributed by atoms with E-state index in [1.54, 1.807) is 43.5 Å². The van der Waals surface area contributed by atoms with Gasteiger partial charge in [0, 0.05) is 17.1 Å². The number of ether oxygens (including phenoxy) is 1. The van der Waals surface area contributed by atoms with E-state index in [1.807, 2.05) is 0 Å². The molecular weight excluding hydrogens is 323 g/mol. The van der Waals surface area contributed by atoms with E-state index < -0.39 is 5.97 Å². The molecule has 6 heteroatoms. The molecule has 0 aliphatic carbocycles. The summed E-state index contributed by atoms with van der Waals surface area (Å²) in [4.78, 5) is 27.3. The van der Waals surface area contributed by atoms with Crippen LogP contribution in [0.25, 0.3) is 10.9 Å². The first kappa shape index (κ1) is 16.7. The van der Waals surface area contributed by atoms with E-state index in [4.69, 9.17) is 4.74 Å². The van der Waals surface area contributed by atoms with Gasteiger partial charge in [0.25, 0.3) is 0 Å². The van der Waals surface area contributed by atoms with Crippen molar-refractivity contribution >= 4 is 28.5 Å². The molecule has 3 aromatic rings. The highest BCUT2D eigenvalue weighted by Crippen LogP contribution is 2.21. The van der Waals surface area contributed by atoms with Gasteiger partial charge in [0.05, 0.1) is 24.3 Å². The molecule has 5 nitrogen and oxygen atoms in total. The fourth-order valence-electron chi connectivity index (χ4n) is 2.64. The summed E-state index contributed by atoms with van der Waals surface area (Å²) in [5, 5.41) is 3.38. The summed E-state index contributed by atoms with van der Waals surface area (Å²) in [6, 6.07) is 11.0. The van der Waals surface area contributed by atoms with Crippen molar-refractivity contribution in [3.63, 3.8) is 0 Å². The second kappa shape index (κ2) is 7.17. The maximum absolute atomic E-state index is 13.4. The predicted octanol–water partition coefficient (Wildman–Crippen LogP) is 3.66. The number of nitrogens with one attached hydrogen (secondary N) is 2. The highest BCUT2D eigenvalue weighted by molar-refractivity contribution is 6.02. The molecule has 0 unspecified atom stereocenters. The van der Waals surface area contributed by atoms with E-state index in [2.05, 4.69) is 10.3 Å². The molecule has 0 aliphatic heterocycles. The second-order valence-electron chi connectivity index (χ2n) is 5.49. The van der Waals surface area contributed by atoms with Crippen molar-refractivity contribution in [3.8, 4) is 0 Å². The molecule has 2 N–H and O–H groups in total. The maximum atomic E-state index is 13.4. The monoisotopic (exact) mass is 340 g/mol. The lowest BCUT2D eigenvalue weighted by Crippen LogP contribution is -2.17. The minimum Gasteiger partial charge on any atom is -0.462 e. The molecule has 0 atom stereocenters. The number of carbonyl (C=O) groups excluding carboxylic acids is 2. The molecule has 1 amide bonds. The number of esters is 1. The Bertz CT molecular complexity index is 933. The van der Waals surface area contributed by atoms with Crippen LogP contribution < -0.4 is 5.32 Å². The van der Waals surface area contributed by atoms with E-state index in [0.29, 0.717) is 22.2 Å². The summed E-state index contributed by atoms with van der Waals surface area (Å²) in [7, 11) is 0. The van der Waals surface area contributed by atoms with Crippen LogP contribution in [0.15, 0.2) is 48.7 Å². The first-order valence-corrected chi connectivity index (χ1v) is 7.90. The molecule has 0 fully saturated rings. The summed E-state index contributed by atoms with van der Waals surface area (Å²) in [6.07, 6.45) is 1.74. The summed E-state index contributed by atoms with van der Waals surface area (Å²) < 4.78 is 18.4. The minimum atomic E-state index is -0.493. The molecule has 128 valence electrons. The third kappa shape index (κ3) is 3.68. The number of fused-ring (bicyclic) bond motifs is 1. The fraction of sp³-hybridized carbons (Fsp3) is 0.158. The molecule has 25 heavy (non-hydrogen) atoms. The molecule has 1 aromatic heterocycles. The largest absolute Gasteiger partial charge is 0.462 e. The Hall–Kier alpha value is -3.15. The second-order valence-corrected chi connectivity index (χ2v) is 5.49. The first-order valence-electron chi connectivity index (χ1n) is 7.90. The number of anilines is 1. The first-order chi connectivity index (χ1) is 12.1. The number of hydrogen-bond acceptors (Lipinski definition) is 3. The molecule has 2 aromatic carbocycles. The van der Waals surface area contributed by atoms with Crippen molar-refractivity contribution < 1.29 is 18.7 Å². The van der Waals surface area contributed by atoms with Crippen molar-refractivity contribution in [1.29, 1.82) is 0 Å². The van der Waals surface area contributed by atoms with Crippen LogP contribution in [0.3, 0.4) is 0 Å². The van der Waals surface area contributed by atoms with Gasteiger partial charge in [-0.15, -0.1) is 0 Å². The molecular formula is C19H17FN2O3.